The molecule has 124 valence electrons. The topological polar surface area (TPSA) is 46.8 Å². The van der Waals surface area contributed by atoms with Crippen molar-refractivity contribution < 1.29 is 0 Å². The molecule has 1 aliphatic rings. The van der Waals surface area contributed by atoms with Gasteiger partial charge in [0, 0.05) is 37.1 Å². The second-order valence-electron chi connectivity index (χ2n) is 6.39. The maximum atomic E-state index is 4.93. The second kappa shape index (κ2) is 6.83. The minimum absolute atomic E-state index is 0.491. The summed E-state index contributed by atoms with van der Waals surface area (Å²) in [5, 5.41) is 2.14. The molecule has 3 aromatic rings. The summed E-state index contributed by atoms with van der Waals surface area (Å²) in [7, 11) is 2.01. The van der Waals surface area contributed by atoms with Crippen LogP contribution in [0.3, 0.4) is 0 Å². The summed E-state index contributed by atoms with van der Waals surface area (Å²) in [6.07, 6.45) is 6.11. The third-order valence-electron chi connectivity index (χ3n) is 4.64. The van der Waals surface area contributed by atoms with Gasteiger partial charge in [-0.15, -0.1) is 11.3 Å². The van der Waals surface area contributed by atoms with Gasteiger partial charge in [0.05, 0.1) is 35.1 Å². The van der Waals surface area contributed by atoms with Crippen LogP contribution in [0.1, 0.15) is 30.1 Å². The van der Waals surface area contributed by atoms with E-state index in [1.807, 2.05) is 29.6 Å². The molecular weight excluding hydrogens is 318 g/mol. The Hall–Kier alpha value is -2.05. The molecule has 1 saturated heterocycles. The third kappa shape index (κ3) is 3.25. The van der Waals surface area contributed by atoms with Crippen molar-refractivity contribution in [2.24, 2.45) is 7.05 Å². The number of likely N-dealkylation sites (tertiary alicyclic amines) is 1. The molecule has 0 radical (unpaired) electrons. The molecule has 24 heavy (non-hydrogen) atoms. The van der Waals surface area contributed by atoms with E-state index in [1.54, 1.807) is 11.3 Å². The normalized spacial score (nSPS) is 18.8. The predicted octanol–water partition coefficient (Wildman–Crippen LogP) is 3.32. The molecule has 4 rings (SSSR count). The van der Waals surface area contributed by atoms with Crippen LogP contribution in [0.5, 0.6) is 0 Å². The molecule has 0 amide bonds. The van der Waals surface area contributed by atoms with Crippen molar-refractivity contribution in [1.82, 2.24) is 24.4 Å². The summed E-state index contributed by atoms with van der Waals surface area (Å²) < 4.78 is 2.02. The zero-order valence-electron chi connectivity index (χ0n) is 13.8. The summed E-state index contributed by atoms with van der Waals surface area (Å²) in [4.78, 5) is 16.1. The number of thiazole rings is 1. The molecule has 0 aliphatic carbocycles. The zero-order valence-corrected chi connectivity index (χ0v) is 14.6. The van der Waals surface area contributed by atoms with E-state index in [9.17, 15) is 0 Å². The molecular formula is C18H21N5S. The SMILES string of the molecule is Cn1cncc1-c1cccc([C@H]2CCCN(Cc3cscn3)C2)n1. The van der Waals surface area contributed by atoms with Gasteiger partial charge in [0.2, 0.25) is 0 Å². The van der Waals surface area contributed by atoms with E-state index in [0.717, 1.165) is 31.0 Å². The van der Waals surface area contributed by atoms with Gasteiger partial charge in [0.1, 0.15) is 0 Å². The molecule has 0 bridgehead atoms. The molecule has 5 nitrogen and oxygen atoms in total. The van der Waals surface area contributed by atoms with E-state index in [0.29, 0.717) is 5.92 Å². The van der Waals surface area contributed by atoms with Crippen molar-refractivity contribution in [3.05, 3.63) is 53.0 Å². The Morgan fingerprint density at radius 3 is 3.08 bits per heavy atom. The van der Waals surface area contributed by atoms with Gasteiger partial charge < -0.3 is 4.57 Å². The second-order valence-corrected chi connectivity index (χ2v) is 7.11. The van der Waals surface area contributed by atoms with Crippen LogP contribution in [0.25, 0.3) is 11.4 Å². The summed E-state index contributed by atoms with van der Waals surface area (Å²) in [6, 6.07) is 6.34. The Morgan fingerprint density at radius 1 is 1.33 bits per heavy atom. The van der Waals surface area contributed by atoms with Gasteiger partial charge in [-0.05, 0) is 31.5 Å². The zero-order chi connectivity index (χ0) is 16.4. The summed E-state index contributed by atoms with van der Waals surface area (Å²) >= 11 is 1.67. The molecule has 4 heterocycles. The number of aryl methyl sites for hydroxylation is 1. The highest BCUT2D eigenvalue weighted by molar-refractivity contribution is 7.07. The van der Waals surface area contributed by atoms with Crippen LogP contribution in [0, 0.1) is 0 Å². The van der Waals surface area contributed by atoms with Crippen LogP contribution in [-0.4, -0.2) is 37.5 Å². The van der Waals surface area contributed by atoms with Gasteiger partial charge in [-0.3, -0.25) is 9.88 Å². The number of hydrogen-bond donors (Lipinski definition) is 0. The van der Waals surface area contributed by atoms with Gasteiger partial charge in [0.25, 0.3) is 0 Å². The summed E-state index contributed by atoms with van der Waals surface area (Å²) in [5.41, 5.74) is 6.35. The van der Waals surface area contributed by atoms with Crippen LogP contribution >= 0.6 is 11.3 Å². The summed E-state index contributed by atoms with van der Waals surface area (Å²) in [5.74, 6) is 0.491. The predicted molar refractivity (Wildman–Crippen MR) is 95.8 cm³/mol. The Balaban J connectivity index is 1.52. The largest absolute Gasteiger partial charge is 0.332 e. The van der Waals surface area contributed by atoms with Gasteiger partial charge >= 0.3 is 0 Å². The lowest BCUT2D eigenvalue weighted by atomic mass is 9.94. The fourth-order valence-electron chi connectivity index (χ4n) is 3.41. The van der Waals surface area contributed by atoms with Crippen molar-refractivity contribution in [3.63, 3.8) is 0 Å². The number of pyridine rings is 1. The van der Waals surface area contributed by atoms with Gasteiger partial charge in [-0.25, -0.2) is 9.97 Å². The smallest absolute Gasteiger partial charge is 0.0948 e. The maximum Gasteiger partial charge on any atom is 0.0948 e. The molecule has 0 unspecified atom stereocenters. The molecule has 6 heteroatoms. The minimum Gasteiger partial charge on any atom is -0.332 e. The van der Waals surface area contributed by atoms with Crippen LogP contribution < -0.4 is 0 Å². The molecule has 3 aromatic heterocycles. The summed E-state index contributed by atoms with van der Waals surface area (Å²) in [6.45, 7) is 3.15. The van der Waals surface area contributed by atoms with E-state index < -0.39 is 0 Å². The Labute approximate surface area is 146 Å². The first kappa shape index (κ1) is 15.5. The lowest BCUT2D eigenvalue weighted by molar-refractivity contribution is 0.197. The van der Waals surface area contributed by atoms with Crippen LogP contribution in [0.15, 0.2) is 41.6 Å². The van der Waals surface area contributed by atoms with E-state index in [1.165, 1.54) is 24.2 Å². The quantitative estimate of drug-likeness (QED) is 0.731. The van der Waals surface area contributed by atoms with Crippen LogP contribution in [-0.2, 0) is 13.6 Å². The molecule has 1 fully saturated rings. The van der Waals surface area contributed by atoms with Crippen molar-refractivity contribution in [3.8, 4) is 11.4 Å². The van der Waals surface area contributed by atoms with Gasteiger partial charge in [-0.1, -0.05) is 6.07 Å². The monoisotopic (exact) mass is 339 g/mol. The van der Waals surface area contributed by atoms with Crippen molar-refractivity contribution >= 4 is 11.3 Å². The Morgan fingerprint density at radius 2 is 2.29 bits per heavy atom. The Bertz CT molecular complexity index is 795. The fourth-order valence-corrected chi connectivity index (χ4v) is 3.96. The molecule has 0 saturated carbocycles. The highest BCUT2D eigenvalue weighted by Crippen LogP contribution is 2.28. The standard InChI is InChI=1S/C18H21N5S/c1-22-12-19-8-18(22)17-6-2-5-16(21-17)14-4-3-7-23(9-14)10-15-11-24-13-20-15/h2,5-6,8,11-14H,3-4,7,9-10H2,1H3/t14-/m0/s1. The van der Waals surface area contributed by atoms with Crippen LogP contribution in [0.2, 0.25) is 0 Å². The lowest BCUT2D eigenvalue weighted by Gasteiger charge is -2.32. The number of piperidine rings is 1. The number of hydrogen-bond acceptors (Lipinski definition) is 5. The fraction of sp³-hybridized carbons (Fsp3) is 0.389. The average molecular weight is 339 g/mol. The number of aromatic nitrogens is 4. The van der Waals surface area contributed by atoms with E-state index in [4.69, 9.17) is 4.98 Å². The first-order chi connectivity index (χ1) is 11.8. The van der Waals surface area contributed by atoms with E-state index in [2.05, 4.69) is 38.4 Å². The molecule has 1 atom stereocenters. The number of nitrogens with zero attached hydrogens (tertiary/aromatic N) is 5. The van der Waals surface area contributed by atoms with E-state index in [-0.39, 0.29) is 0 Å². The lowest BCUT2D eigenvalue weighted by Crippen LogP contribution is -2.34. The Kier molecular flexibility index (Phi) is 4.40. The van der Waals surface area contributed by atoms with Gasteiger partial charge in [-0.2, -0.15) is 0 Å². The molecule has 0 spiro atoms. The van der Waals surface area contributed by atoms with Crippen molar-refractivity contribution in [1.29, 1.82) is 0 Å². The highest BCUT2D eigenvalue weighted by Gasteiger charge is 2.23. The van der Waals surface area contributed by atoms with Crippen LogP contribution in [0.4, 0.5) is 0 Å². The molecule has 0 N–H and O–H groups in total. The number of rotatable bonds is 4. The average Bonchev–Trinajstić information content (AvgIpc) is 3.27. The van der Waals surface area contributed by atoms with Crippen molar-refractivity contribution in [2.75, 3.05) is 13.1 Å². The maximum absolute atomic E-state index is 4.93. The number of imidazole rings is 1. The van der Waals surface area contributed by atoms with E-state index >= 15 is 0 Å². The third-order valence-corrected chi connectivity index (χ3v) is 5.28. The van der Waals surface area contributed by atoms with Crippen molar-refractivity contribution in [2.45, 2.75) is 25.3 Å². The molecule has 0 aromatic carbocycles. The van der Waals surface area contributed by atoms with Gasteiger partial charge in [0.15, 0.2) is 0 Å². The first-order valence-electron chi connectivity index (χ1n) is 8.32. The first-order valence-corrected chi connectivity index (χ1v) is 9.27. The minimum atomic E-state index is 0.491. The molecule has 1 aliphatic heterocycles. The highest BCUT2D eigenvalue weighted by atomic mass is 32.1.